The largest absolute Gasteiger partial charge is 0.493 e. The van der Waals surface area contributed by atoms with Crippen molar-refractivity contribution >= 4 is 23.9 Å². The smallest absolute Gasteiger partial charge is 0.363 e. The van der Waals surface area contributed by atoms with E-state index >= 15 is 0 Å². The lowest BCUT2D eigenvalue weighted by Gasteiger charge is -2.11. The number of hydrogen-bond donors (Lipinski definition) is 0. The van der Waals surface area contributed by atoms with Crippen molar-refractivity contribution in [1.29, 1.82) is 0 Å². The van der Waals surface area contributed by atoms with Crippen LogP contribution in [-0.4, -0.2) is 38.2 Å². The summed E-state index contributed by atoms with van der Waals surface area (Å²) in [5.41, 5.74) is 1.35. The van der Waals surface area contributed by atoms with E-state index in [1.165, 1.54) is 14.0 Å². The van der Waals surface area contributed by atoms with Gasteiger partial charge in [0, 0.05) is 12.5 Å². The van der Waals surface area contributed by atoms with E-state index in [0.29, 0.717) is 41.6 Å². The van der Waals surface area contributed by atoms with Gasteiger partial charge >= 0.3 is 11.9 Å². The van der Waals surface area contributed by atoms with Crippen LogP contribution in [0, 0.1) is 0 Å². The molecule has 0 radical (unpaired) electrons. The van der Waals surface area contributed by atoms with E-state index < -0.39 is 11.9 Å². The molecule has 162 valence electrons. The number of ether oxygens (including phenoxy) is 5. The number of benzene rings is 2. The van der Waals surface area contributed by atoms with Gasteiger partial charge in [-0.3, -0.25) is 4.79 Å². The third-order valence-corrected chi connectivity index (χ3v) is 4.16. The van der Waals surface area contributed by atoms with Crippen LogP contribution < -0.4 is 18.9 Å². The van der Waals surface area contributed by atoms with Crippen LogP contribution in [0.15, 0.2) is 47.1 Å². The van der Waals surface area contributed by atoms with Crippen LogP contribution in [0.1, 0.15) is 31.9 Å². The predicted octanol–water partition coefficient (Wildman–Crippen LogP) is 3.76. The molecule has 0 atom stereocenters. The Bertz CT molecular complexity index is 1060. The number of cyclic esters (lactones) is 1. The van der Waals surface area contributed by atoms with E-state index in [0.717, 1.165) is 0 Å². The molecule has 0 unspecified atom stereocenters. The van der Waals surface area contributed by atoms with Crippen LogP contribution in [0.5, 0.6) is 23.0 Å². The fraction of sp³-hybridized carbons (Fsp3) is 0.261. The van der Waals surface area contributed by atoms with Gasteiger partial charge in [-0.25, -0.2) is 9.79 Å². The molecule has 8 nitrogen and oxygen atoms in total. The molecule has 0 aliphatic carbocycles. The third-order valence-electron chi connectivity index (χ3n) is 4.16. The Kier molecular flexibility index (Phi) is 6.92. The van der Waals surface area contributed by atoms with Crippen molar-refractivity contribution in [2.75, 3.05) is 20.3 Å². The number of nitrogens with zero attached hydrogens (tertiary/aromatic N) is 1. The van der Waals surface area contributed by atoms with Gasteiger partial charge in [0.15, 0.2) is 28.7 Å². The second-order valence-corrected chi connectivity index (χ2v) is 6.37. The first-order valence-corrected chi connectivity index (χ1v) is 9.74. The maximum Gasteiger partial charge on any atom is 0.363 e. The zero-order valence-corrected chi connectivity index (χ0v) is 17.8. The highest BCUT2D eigenvalue weighted by molar-refractivity contribution is 6.13. The monoisotopic (exact) mass is 425 g/mol. The average Bonchev–Trinajstić information content (AvgIpc) is 3.10. The molecule has 2 aromatic carbocycles. The van der Waals surface area contributed by atoms with Gasteiger partial charge in [-0.1, -0.05) is 6.07 Å². The summed E-state index contributed by atoms with van der Waals surface area (Å²) in [6.07, 6.45) is 1.56. The molecule has 1 aliphatic rings. The first-order valence-electron chi connectivity index (χ1n) is 9.74. The Labute approximate surface area is 180 Å². The number of rotatable bonds is 8. The van der Waals surface area contributed by atoms with Crippen molar-refractivity contribution in [3.63, 3.8) is 0 Å². The Balaban J connectivity index is 1.90. The number of esters is 2. The summed E-state index contributed by atoms with van der Waals surface area (Å²) < 4.78 is 26.9. The summed E-state index contributed by atoms with van der Waals surface area (Å²) in [6.45, 7) is 6.03. The zero-order valence-electron chi connectivity index (χ0n) is 17.8. The van der Waals surface area contributed by atoms with Crippen LogP contribution in [-0.2, 0) is 14.3 Å². The maximum atomic E-state index is 12.3. The van der Waals surface area contributed by atoms with Crippen molar-refractivity contribution in [1.82, 2.24) is 0 Å². The van der Waals surface area contributed by atoms with E-state index in [4.69, 9.17) is 23.7 Å². The van der Waals surface area contributed by atoms with Crippen LogP contribution in [0.3, 0.4) is 0 Å². The molecular formula is C23H23NO7. The first-order chi connectivity index (χ1) is 14.9. The molecule has 0 saturated carbocycles. The van der Waals surface area contributed by atoms with Crippen molar-refractivity contribution in [2.24, 2.45) is 4.99 Å². The fourth-order valence-corrected chi connectivity index (χ4v) is 2.89. The van der Waals surface area contributed by atoms with Crippen molar-refractivity contribution in [3.8, 4) is 23.0 Å². The topological polar surface area (TPSA) is 92.7 Å². The predicted molar refractivity (Wildman–Crippen MR) is 114 cm³/mol. The van der Waals surface area contributed by atoms with Gasteiger partial charge in [0.05, 0.1) is 20.3 Å². The molecule has 1 heterocycles. The summed E-state index contributed by atoms with van der Waals surface area (Å²) in [7, 11) is 1.46. The molecule has 8 heteroatoms. The Hall–Kier alpha value is -3.81. The molecule has 3 rings (SSSR count). The normalized spacial score (nSPS) is 14.1. The Morgan fingerprint density at radius 3 is 2.39 bits per heavy atom. The summed E-state index contributed by atoms with van der Waals surface area (Å²) in [6, 6.07) is 10.1. The number of aliphatic imine (C=N–C) groups is 1. The fourth-order valence-electron chi connectivity index (χ4n) is 2.89. The van der Waals surface area contributed by atoms with E-state index in [1.807, 2.05) is 13.8 Å². The van der Waals surface area contributed by atoms with Crippen LogP contribution in [0.25, 0.3) is 6.08 Å². The van der Waals surface area contributed by atoms with Crippen molar-refractivity contribution < 1.29 is 33.3 Å². The highest BCUT2D eigenvalue weighted by Gasteiger charge is 2.25. The van der Waals surface area contributed by atoms with Gasteiger partial charge in [0.2, 0.25) is 5.90 Å². The van der Waals surface area contributed by atoms with E-state index in [-0.39, 0.29) is 17.3 Å². The minimum absolute atomic E-state index is 0.129. The maximum absolute atomic E-state index is 12.3. The van der Waals surface area contributed by atoms with Crippen LogP contribution in [0.2, 0.25) is 0 Å². The van der Waals surface area contributed by atoms with Gasteiger partial charge < -0.3 is 23.7 Å². The molecule has 2 aromatic rings. The SMILES string of the molecule is CCOc1ccc(C2=N/C(=C\c3ccc(OC(C)=O)c(OC)c3)C(=O)O2)cc1OCC. The molecule has 0 spiro atoms. The molecule has 31 heavy (non-hydrogen) atoms. The summed E-state index contributed by atoms with van der Waals surface area (Å²) >= 11 is 0. The molecule has 0 N–H and O–H groups in total. The molecule has 0 amide bonds. The summed E-state index contributed by atoms with van der Waals surface area (Å²) in [5, 5.41) is 0. The van der Waals surface area contributed by atoms with Crippen LogP contribution >= 0.6 is 0 Å². The molecule has 1 aliphatic heterocycles. The first kappa shape index (κ1) is 21.9. The minimum Gasteiger partial charge on any atom is -0.493 e. The van der Waals surface area contributed by atoms with E-state index in [1.54, 1.807) is 42.5 Å². The summed E-state index contributed by atoms with van der Waals surface area (Å²) in [4.78, 5) is 27.9. The van der Waals surface area contributed by atoms with E-state index in [9.17, 15) is 9.59 Å². The lowest BCUT2D eigenvalue weighted by atomic mass is 10.1. The van der Waals surface area contributed by atoms with Gasteiger partial charge in [0.25, 0.3) is 0 Å². The Morgan fingerprint density at radius 1 is 1.00 bits per heavy atom. The zero-order chi connectivity index (χ0) is 22.4. The number of hydrogen-bond acceptors (Lipinski definition) is 8. The third kappa shape index (κ3) is 5.22. The van der Waals surface area contributed by atoms with E-state index in [2.05, 4.69) is 4.99 Å². The lowest BCUT2D eigenvalue weighted by Crippen LogP contribution is -2.06. The van der Waals surface area contributed by atoms with Gasteiger partial charge in [-0.15, -0.1) is 0 Å². The second-order valence-electron chi connectivity index (χ2n) is 6.37. The highest BCUT2D eigenvalue weighted by Crippen LogP contribution is 2.32. The van der Waals surface area contributed by atoms with Gasteiger partial charge in [0.1, 0.15) is 0 Å². The standard InChI is InChI=1S/C23H23NO7/c1-5-28-18-10-8-16(13-21(18)29-6-2)22-24-17(23(26)31-22)11-15-7-9-19(30-14(3)25)20(12-15)27-4/h7-13H,5-6H2,1-4H3/b17-11-. The minimum atomic E-state index is -0.579. The number of carbonyl (C=O) groups is 2. The van der Waals surface area contributed by atoms with Crippen LogP contribution in [0.4, 0.5) is 0 Å². The van der Waals surface area contributed by atoms with Crippen molar-refractivity contribution in [2.45, 2.75) is 20.8 Å². The van der Waals surface area contributed by atoms with Gasteiger partial charge in [-0.05, 0) is 55.8 Å². The second kappa shape index (κ2) is 9.80. The Morgan fingerprint density at radius 2 is 1.71 bits per heavy atom. The highest BCUT2D eigenvalue weighted by atomic mass is 16.6. The molecule has 0 fully saturated rings. The van der Waals surface area contributed by atoms with Gasteiger partial charge in [-0.2, -0.15) is 0 Å². The molecule has 0 aromatic heterocycles. The molecule has 0 saturated heterocycles. The average molecular weight is 425 g/mol. The number of carbonyl (C=O) groups excluding carboxylic acids is 2. The van der Waals surface area contributed by atoms with Crippen molar-refractivity contribution in [3.05, 3.63) is 53.2 Å². The molecular weight excluding hydrogens is 402 g/mol. The lowest BCUT2D eigenvalue weighted by molar-refractivity contribution is -0.132. The molecule has 0 bridgehead atoms. The quantitative estimate of drug-likeness (QED) is 0.361. The summed E-state index contributed by atoms with van der Waals surface area (Å²) in [5.74, 6) is 0.923. The number of methoxy groups -OCH3 is 1.